The number of hydrogen-bond donors (Lipinski definition) is 2. The van der Waals surface area contributed by atoms with Crippen molar-refractivity contribution in [1.29, 1.82) is 0 Å². The van der Waals surface area contributed by atoms with Crippen LogP contribution in [0.3, 0.4) is 0 Å². The maximum absolute atomic E-state index is 13.0. The van der Waals surface area contributed by atoms with Gasteiger partial charge in [-0.1, -0.05) is 12.1 Å². The maximum Gasteiger partial charge on any atom is 0.335 e. The van der Waals surface area contributed by atoms with Crippen LogP contribution >= 0.6 is 11.3 Å². The Hall–Kier alpha value is -3.50. The molecular formula is C22H23N7O2S. The van der Waals surface area contributed by atoms with Crippen LogP contribution in [0.2, 0.25) is 0 Å². The Kier molecular flexibility index (Phi) is 5.46. The third-order valence-electron chi connectivity index (χ3n) is 5.61. The van der Waals surface area contributed by atoms with Gasteiger partial charge in [-0.05, 0) is 31.2 Å². The number of para-hydroxylation sites is 2. The highest BCUT2D eigenvalue weighted by Crippen LogP contribution is 2.26. The van der Waals surface area contributed by atoms with E-state index in [1.54, 1.807) is 29.4 Å². The molecular weight excluding hydrogens is 426 g/mol. The molecule has 32 heavy (non-hydrogen) atoms. The number of benzene rings is 1. The fourth-order valence-electron chi connectivity index (χ4n) is 3.98. The fourth-order valence-corrected chi connectivity index (χ4v) is 4.79. The molecule has 0 spiro atoms. The number of fused-ring (bicyclic) bond motifs is 1. The van der Waals surface area contributed by atoms with Gasteiger partial charge in [0.15, 0.2) is 5.13 Å². The molecule has 0 bridgehead atoms. The Morgan fingerprint density at radius 3 is 2.88 bits per heavy atom. The van der Waals surface area contributed by atoms with Gasteiger partial charge in [0.05, 0.1) is 28.6 Å². The van der Waals surface area contributed by atoms with Gasteiger partial charge in [0.2, 0.25) is 0 Å². The summed E-state index contributed by atoms with van der Waals surface area (Å²) in [6.07, 6.45) is 4.43. The third kappa shape index (κ3) is 3.67. The lowest BCUT2D eigenvalue weighted by atomic mass is 10.2. The summed E-state index contributed by atoms with van der Waals surface area (Å²) in [4.78, 5) is 36.7. The number of thiazole rings is 1. The number of anilines is 2. The van der Waals surface area contributed by atoms with Crippen molar-refractivity contribution < 1.29 is 4.79 Å². The van der Waals surface area contributed by atoms with Crippen molar-refractivity contribution in [3.63, 3.8) is 0 Å². The van der Waals surface area contributed by atoms with Crippen molar-refractivity contribution in [2.75, 3.05) is 36.4 Å². The van der Waals surface area contributed by atoms with E-state index in [1.807, 2.05) is 30.3 Å². The summed E-state index contributed by atoms with van der Waals surface area (Å²) in [5, 5.41) is 8.47. The van der Waals surface area contributed by atoms with Gasteiger partial charge in [-0.3, -0.25) is 14.3 Å². The van der Waals surface area contributed by atoms with E-state index in [0.29, 0.717) is 10.8 Å². The number of rotatable bonds is 4. The fraction of sp³-hybridized carbons (Fsp3) is 0.273. The van der Waals surface area contributed by atoms with Crippen LogP contribution in [0.5, 0.6) is 0 Å². The van der Waals surface area contributed by atoms with Gasteiger partial charge < -0.3 is 15.5 Å². The van der Waals surface area contributed by atoms with E-state index in [4.69, 9.17) is 0 Å². The number of carbonyl (C=O) groups is 1. The molecule has 0 saturated carbocycles. The number of imidazole rings is 1. The molecule has 9 nitrogen and oxygen atoms in total. The Morgan fingerprint density at radius 2 is 2.00 bits per heavy atom. The highest BCUT2D eigenvalue weighted by molar-refractivity contribution is 7.12. The first kappa shape index (κ1) is 20.4. The molecule has 164 valence electrons. The molecule has 10 heteroatoms. The molecule has 2 N–H and O–H groups in total. The first-order chi connectivity index (χ1) is 15.6. The summed E-state index contributed by atoms with van der Waals surface area (Å²) < 4.78 is 3.12. The van der Waals surface area contributed by atoms with Gasteiger partial charge in [0.1, 0.15) is 5.69 Å². The molecule has 1 aliphatic heterocycles. The van der Waals surface area contributed by atoms with E-state index in [-0.39, 0.29) is 17.3 Å². The van der Waals surface area contributed by atoms with Crippen molar-refractivity contribution in [1.82, 2.24) is 24.4 Å². The Bertz CT molecular complexity index is 1330. The van der Waals surface area contributed by atoms with Crippen molar-refractivity contribution >= 4 is 39.7 Å². The lowest BCUT2D eigenvalue weighted by molar-refractivity contribution is 0.102. The Balaban J connectivity index is 1.43. The lowest BCUT2D eigenvalue weighted by Crippen LogP contribution is -2.29. The molecule has 0 atom stereocenters. The zero-order valence-corrected chi connectivity index (χ0v) is 18.4. The largest absolute Gasteiger partial charge is 0.368 e. The maximum atomic E-state index is 13.0. The second-order valence-electron chi connectivity index (χ2n) is 7.62. The van der Waals surface area contributed by atoms with Crippen molar-refractivity contribution in [2.45, 2.75) is 6.42 Å². The minimum Gasteiger partial charge on any atom is -0.368 e. The number of hydrogen-bond acceptors (Lipinski definition) is 7. The lowest BCUT2D eigenvalue weighted by Gasteiger charge is -2.24. The second kappa shape index (κ2) is 8.56. The molecule has 3 aromatic heterocycles. The van der Waals surface area contributed by atoms with E-state index in [9.17, 15) is 9.59 Å². The van der Waals surface area contributed by atoms with Gasteiger partial charge in [-0.15, -0.1) is 11.3 Å². The predicted molar refractivity (Wildman–Crippen MR) is 126 cm³/mol. The van der Waals surface area contributed by atoms with Gasteiger partial charge in [0.25, 0.3) is 5.91 Å². The summed E-state index contributed by atoms with van der Waals surface area (Å²) in [7, 11) is 1.73. The summed E-state index contributed by atoms with van der Waals surface area (Å²) in [5.41, 5.74) is 3.22. The minimum atomic E-state index is -0.331. The van der Waals surface area contributed by atoms with E-state index >= 15 is 0 Å². The molecule has 0 unspecified atom stereocenters. The first-order valence-electron chi connectivity index (χ1n) is 10.5. The molecule has 0 aliphatic carbocycles. The molecule has 1 saturated heterocycles. The van der Waals surface area contributed by atoms with Gasteiger partial charge in [-0.2, -0.15) is 0 Å². The van der Waals surface area contributed by atoms with Crippen LogP contribution in [0, 0.1) is 0 Å². The molecule has 1 aliphatic rings. The van der Waals surface area contributed by atoms with Crippen LogP contribution in [-0.2, 0) is 7.05 Å². The number of nitrogens with zero attached hydrogens (tertiary/aromatic N) is 5. The minimum absolute atomic E-state index is 0.197. The molecule has 1 fully saturated rings. The van der Waals surface area contributed by atoms with Gasteiger partial charge >= 0.3 is 5.69 Å². The molecule has 4 heterocycles. The van der Waals surface area contributed by atoms with E-state index in [2.05, 4.69) is 25.5 Å². The summed E-state index contributed by atoms with van der Waals surface area (Å²) >= 11 is 1.26. The monoisotopic (exact) mass is 449 g/mol. The summed E-state index contributed by atoms with van der Waals surface area (Å²) in [6, 6.07) is 9.44. The SMILES string of the molecule is Cn1c(=O)n(-c2nc(C(=O)Nc3cnccc3N3CCCNCC3)cs2)c2ccccc21. The highest BCUT2D eigenvalue weighted by Gasteiger charge is 2.19. The Morgan fingerprint density at radius 1 is 1.16 bits per heavy atom. The van der Waals surface area contributed by atoms with E-state index in [1.165, 1.54) is 15.9 Å². The molecule has 0 radical (unpaired) electrons. The zero-order valence-electron chi connectivity index (χ0n) is 17.6. The number of aromatic nitrogens is 4. The number of nitrogens with one attached hydrogen (secondary N) is 2. The average molecular weight is 450 g/mol. The predicted octanol–water partition coefficient (Wildman–Crippen LogP) is 2.23. The van der Waals surface area contributed by atoms with E-state index in [0.717, 1.165) is 49.3 Å². The van der Waals surface area contributed by atoms with Crippen molar-refractivity contribution in [3.05, 3.63) is 64.3 Å². The quantitative estimate of drug-likeness (QED) is 0.496. The number of aryl methyl sites for hydroxylation is 1. The highest BCUT2D eigenvalue weighted by atomic mass is 32.1. The van der Waals surface area contributed by atoms with Crippen molar-refractivity contribution in [3.8, 4) is 5.13 Å². The summed E-state index contributed by atoms with van der Waals surface area (Å²) in [5.74, 6) is -0.331. The summed E-state index contributed by atoms with van der Waals surface area (Å²) in [6.45, 7) is 3.64. The Labute approximate surface area is 188 Å². The average Bonchev–Trinajstić information content (AvgIpc) is 3.26. The smallest absolute Gasteiger partial charge is 0.335 e. The molecule has 1 amide bonds. The number of amides is 1. The normalized spacial score (nSPS) is 14.5. The van der Waals surface area contributed by atoms with Crippen LogP contribution in [0.4, 0.5) is 11.4 Å². The van der Waals surface area contributed by atoms with Crippen LogP contribution in [0.25, 0.3) is 16.2 Å². The molecule has 1 aromatic carbocycles. The van der Waals surface area contributed by atoms with Gasteiger partial charge in [-0.25, -0.2) is 14.3 Å². The topological polar surface area (TPSA) is 97.1 Å². The number of pyridine rings is 1. The van der Waals surface area contributed by atoms with E-state index < -0.39 is 0 Å². The standard InChI is InChI=1S/C22H23N7O2S/c1-27-18-5-2-3-6-19(18)29(22(27)31)21-26-16(14-32-21)20(30)25-15-13-24-9-7-17(15)28-11-4-8-23-10-12-28/h2-3,5-7,9,13-14,23H,4,8,10-12H2,1H3,(H,25,30). The van der Waals surface area contributed by atoms with Crippen LogP contribution in [0.15, 0.2) is 52.9 Å². The second-order valence-corrected chi connectivity index (χ2v) is 8.46. The first-order valence-corrected chi connectivity index (χ1v) is 11.3. The molecule has 5 rings (SSSR count). The number of carbonyl (C=O) groups excluding carboxylic acids is 1. The van der Waals surface area contributed by atoms with Crippen LogP contribution in [0.1, 0.15) is 16.9 Å². The van der Waals surface area contributed by atoms with Crippen LogP contribution in [-0.4, -0.2) is 51.2 Å². The zero-order chi connectivity index (χ0) is 22.1. The third-order valence-corrected chi connectivity index (χ3v) is 6.43. The van der Waals surface area contributed by atoms with Crippen LogP contribution < -0.4 is 21.2 Å². The van der Waals surface area contributed by atoms with Crippen molar-refractivity contribution in [2.24, 2.45) is 7.05 Å². The molecule has 4 aromatic rings. The van der Waals surface area contributed by atoms with Gasteiger partial charge in [0, 0.05) is 38.3 Å².